The summed E-state index contributed by atoms with van der Waals surface area (Å²) in [5.74, 6) is -1.29. The average Bonchev–Trinajstić information content (AvgIpc) is 2.31. The van der Waals surface area contributed by atoms with Crippen LogP contribution in [0.5, 0.6) is 0 Å². The summed E-state index contributed by atoms with van der Waals surface area (Å²) in [5.41, 5.74) is -0.0507. The minimum atomic E-state index is -4.12. The molecule has 0 aliphatic carbocycles. The van der Waals surface area contributed by atoms with E-state index in [1.165, 1.54) is 4.90 Å². The van der Waals surface area contributed by atoms with Crippen molar-refractivity contribution < 1.29 is 17.6 Å². The number of nitrogens with two attached hydrogens (primary N) is 1. The molecule has 0 fully saturated rings. The summed E-state index contributed by atoms with van der Waals surface area (Å²) in [6.45, 7) is 5.85. The fourth-order valence-electron chi connectivity index (χ4n) is 1.80. The number of carbonyl (C=O) groups is 1. The van der Waals surface area contributed by atoms with Gasteiger partial charge in [0.2, 0.25) is 10.0 Å². The maximum atomic E-state index is 13.8. The molecule has 1 aromatic rings. The number of amides is 1. The molecule has 0 aromatic heterocycles. The highest BCUT2D eigenvalue weighted by molar-refractivity contribution is 9.10. The van der Waals surface area contributed by atoms with E-state index in [0.717, 1.165) is 12.1 Å². The van der Waals surface area contributed by atoms with E-state index in [1.54, 1.807) is 6.92 Å². The van der Waals surface area contributed by atoms with Gasteiger partial charge in [-0.25, -0.2) is 17.9 Å². The molecular weight excluding hydrogens is 351 g/mol. The molecule has 0 spiro atoms. The van der Waals surface area contributed by atoms with Gasteiger partial charge in [0, 0.05) is 18.2 Å². The monoisotopic (exact) mass is 366 g/mol. The normalized spacial score (nSPS) is 11.8. The predicted molar refractivity (Wildman–Crippen MR) is 77.3 cm³/mol. The van der Waals surface area contributed by atoms with Crippen molar-refractivity contribution in [3.8, 4) is 0 Å². The molecule has 2 N–H and O–H groups in total. The lowest BCUT2D eigenvalue weighted by molar-refractivity contribution is 0.0716. The summed E-state index contributed by atoms with van der Waals surface area (Å²) in [7, 11) is -4.12. The fraction of sp³-hybridized carbons (Fsp3) is 0.417. The standard InChI is InChI=1S/C12H16BrFN2O3S/c1-4-16(7(2)3)12(17)8-5-9(14)11(13)10(6-8)20(15,18)19/h5-7H,4H2,1-3H3,(H2,15,18,19). The van der Waals surface area contributed by atoms with E-state index in [4.69, 9.17) is 5.14 Å². The number of halogens is 2. The van der Waals surface area contributed by atoms with Gasteiger partial charge in [-0.1, -0.05) is 0 Å². The number of sulfonamides is 1. The van der Waals surface area contributed by atoms with Gasteiger partial charge in [0.25, 0.3) is 5.91 Å². The number of primary sulfonamides is 1. The van der Waals surface area contributed by atoms with E-state index in [2.05, 4.69) is 15.9 Å². The highest BCUT2D eigenvalue weighted by atomic mass is 79.9. The molecule has 5 nitrogen and oxygen atoms in total. The van der Waals surface area contributed by atoms with Crippen molar-refractivity contribution in [1.82, 2.24) is 4.90 Å². The first-order valence-corrected chi connectivity index (χ1v) is 8.26. The molecule has 0 aliphatic rings. The van der Waals surface area contributed by atoms with Crippen LogP contribution < -0.4 is 5.14 Å². The Morgan fingerprint density at radius 2 is 2.00 bits per heavy atom. The number of nitrogens with zero attached hydrogens (tertiary/aromatic N) is 1. The molecule has 20 heavy (non-hydrogen) atoms. The summed E-state index contributed by atoms with van der Waals surface area (Å²) in [6.07, 6.45) is 0. The van der Waals surface area contributed by atoms with E-state index >= 15 is 0 Å². The second kappa shape index (κ2) is 6.19. The summed E-state index contributed by atoms with van der Waals surface area (Å²) < 4.78 is 36.3. The molecule has 1 aromatic carbocycles. The Bertz CT molecular complexity index is 632. The van der Waals surface area contributed by atoms with Crippen LogP contribution in [0, 0.1) is 5.82 Å². The van der Waals surface area contributed by atoms with E-state index < -0.39 is 26.6 Å². The fourth-order valence-corrected chi connectivity index (χ4v) is 3.35. The second-order valence-electron chi connectivity index (χ2n) is 4.50. The molecule has 112 valence electrons. The highest BCUT2D eigenvalue weighted by Crippen LogP contribution is 2.26. The zero-order valence-corrected chi connectivity index (χ0v) is 13.8. The van der Waals surface area contributed by atoms with Gasteiger partial charge in [0.05, 0.1) is 9.37 Å². The summed E-state index contributed by atoms with van der Waals surface area (Å²) in [5, 5.41) is 5.01. The molecule has 0 bridgehead atoms. The molecule has 8 heteroatoms. The van der Waals surface area contributed by atoms with Crippen molar-refractivity contribution in [1.29, 1.82) is 0 Å². The van der Waals surface area contributed by atoms with Crippen LogP contribution >= 0.6 is 15.9 Å². The Hall–Kier alpha value is -0.990. The first-order valence-electron chi connectivity index (χ1n) is 5.92. The van der Waals surface area contributed by atoms with Crippen LogP contribution in [-0.4, -0.2) is 31.8 Å². The molecule has 1 amide bonds. The Morgan fingerprint density at radius 3 is 2.40 bits per heavy atom. The highest BCUT2D eigenvalue weighted by Gasteiger charge is 2.23. The Balaban J connectivity index is 3.42. The van der Waals surface area contributed by atoms with Crippen LogP contribution in [-0.2, 0) is 10.0 Å². The number of hydrogen-bond acceptors (Lipinski definition) is 3. The molecule has 0 aliphatic heterocycles. The maximum absolute atomic E-state index is 13.8. The average molecular weight is 367 g/mol. The van der Waals surface area contributed by atoms with Gasteiger partial charge in [0.15, 0.2) is 0 Å². The molecule has 0 radical (unpaired) electrons. The van der Waals surface area contributed by atoms with Crippen LogP contribution in [0.15, 0.2) is 21.5 Å². The lowest BCUT2D eigenvalue weighted by atomic mass is 10.1. The maximum Gasteiger partial charge on any atom is 0.254 e. The lowest BCUT2D eigenvalue weighted by Crippen LogP contribution is -2.36. The van der Waals surface area contributed by atoms with E-state index in [0.29, 0.717) is 6.54 Å². The summed E-state index contributed by atoms with van der Waals surface area (Å²) >= 11 is 2.82. The largest absolute Gasteiger partial charge is 0.336 e. The smallest absolute Gasteiger partial charge is 0.254 e. The van der Waals surface area contributed by atoms with Gasteiger partial charge in [-0.3, -0.25) is 4.79 Å². The van der Waals surface area contributed by atoms with Crippen LogP contribution in [0.25, 0.3) is 0 Å². The molecular formula is C12H16BrFN2O3S. The quantitative estimate of drug-likeness (QED) is 0.885. The third-order valence-electron chi connectivity index (χ3n) is 2.77. The van der Waals surface area contributed by atoms with Gasteiger partial charge in [0.1, 0.15) is 5.82 Å². The van der Waals surface area contributed by atoms with Crippen molar-refractivity contribution in [2.75, 3.05) is 6.54 Å². The van der Waals surface area contributed by atoms with Gasteiger partial charge in [-0.05, 0) is 48.8 Å². The van der Waals surface area contributed by atoms with Gasteiger partial charge in [-0.2, -0.15) is 0 Å². The number of benzene rings is 1. The van der Waals surface area contributed by atoms with Gasteiger partial charge < -0.3 is 4.90 Å². The zero-order chi connectivity index (χ0) is 15.7. The zero-order valence-electron chi connectivity index (χ0n) is 11.4. The van der Waals surface area contributed by atoms with Crippen molar-refractivity contribution in [2.24, 2.45) is 5.14 Å². The lowest BCUT2D eigenvalue weighted by Gasteiger charge is -2.25. The SMILES string of the molecule is CCN(C(=O)c1cc(F)c(Br)c(S(N)(=O)=O)c1)C(C)C. The van der Waals surface area contributed by atoms with Gasteiger partial charge >= 0.3 is 0 Å². The van der Waals surface area contributed by atoms with Crippen molar-refractivity contribution in [3.05, 3.63) is 28.0 Å². The first kappa shape index (κ1) is 17.1. The molecule has 0 saturated carbocycles. The Labute approximate surface area is 126 Å². The molecule has 0 saturated heterocycles. The van der Waals surface area contributed by atoms with Crippen LogP contribution in [0.4, 0.5) is 4.39 Å². The van der Waals surface area contributed by atoms with Crippen LogP contribution in [0.2, 0.25) is 0 Å². The van der Waals surface area contributed by atoms with E-state index in [9.17, 15) is 17.6 Å². The van der Waals surface area contributed by atoms with Crippen molar-refractivity contribution in [3.63, 3.8) is 0 Å². The van der Waals surface area contributed by atoms with E-state index in [1.807, 2.05) is 13.8 Å². The van der Waals surface area contributed by atoms with Gasteiger partial charge in [-0.15, -0.1) is 0 Å². The first-order chi connectivity index (χ1) is 9.09. The topological polar surface area (TPSA) is 80.5 Å². The number of carbonyl (C=O) groups excluding carboxylic acids is 1. The third kappa shape index (κ3) is 3.56. The summed E-state index contributed by atoms with van der Waals surface area (Å²) in [6, 6.07) is 1.99. The molecule has 1 rings (SSSR count). The third-order valence-corrected chi connectivity index (χ3v) is 4.78. The summed E-state index contributed by atoms with van der Waals surface area (Å²) in [4.78, 5) is 13.3. The predicted octanol–water partition coefficient (Wildman–Crippen LogP) is 2.11. The molecule has 0 unspecified atom stereocenters. The number of hydrogen-bond donors (Lipinski definition) is 1. The molecule has 0 atom stereocenters. The van der Waals surface area contributed by atoms with Crippen LogP contribution in [0.1, 0.15) is 31.1 Å². The second-order valence-corrected chi connectivity index (χ2v) is 6.82. The Kier molecular flexibility index (Phi) is 5.28. The van der Waals surface area contributed by atoms with Crippen molar-refractivity contribution in [2.45, 2.75) is 31.7 Å². The molecule has 0 heterocycles. The minimum absolute atomic E-state index is 0.0507. The van der Waals surface area contributed by atoms with Crippen molar-refractivity contribution >= 4 is 31.9 Å². The van der Waals surface area contributed by atoms with Crippen LogP contribution in [0.3, 0.4) is 0 Å². The minimum Gasteiger partial charge on any atom is -0.336 e. The number of rotatable bonds is 4. The Morgan fingerprint density at radius 1 is 1.45 bits per heavy atom. The van der Waals surface area contributed by atoms with E-state index in [-0.39, 0.29) is 16.1 Å².